The first-order valence-electron chi connectivity index (χ1n) is 5.07. The molecule has 0 aliphatic heterocycles. The molecule has 0 aliphatic carbocycles. The number of ether oxygens (including phenoxy) is 1. The first-order valence-corrected chi connectivity index (χ1v) is 5.07. The number of H-pyrrole nitrogens is 1. The van der Waals surface area contributed by atoms with Crippen molar-refractivity contribution in [1.82, 2.24) is 9.97 Å². The molecule has 0 amide bonds. The van der Waals surface area contributed by atoms with E-state index in [4.69, 9.17) is 4.74 Å². The Morgan fingerprint density at radius 2 is 2.44 bits per heavy atom. The van der Waals surface area contributed by atoms with Crippen molar-refractivity contribution in [2.45, 2.75) is 6.92 Å². The molecule has 0 aliphatic rings. The van der Waals surface area contributed by atoms with E-state index in [1.54, 1.807) is 19.3 Å². The van der Waals surface area contributed by atoms with Crippen molar-refractivity contribution in [2.24, 2.45) is 0 Å². The molecule has 16 heavy (non-hydrogen) atoms. The van der Waals surface area contributed by atoms with Gasteiger partial charge in [-0.1, -0.05) is 6.07 Å². The van der Waals surface area contributed by atoms with E-state index in [-0.39, 0.29) is 5.97 Å². The van der Waals surface area contributed by atoms with E-state index in [2.05, 4.69) is 9.97 Å². The second-order valence-electron chi connectivity index (χ2n) is 3.26. The lowest BCUT2D eigenvalue weighted by molar-refractivity contribution is -0.137. The zero-order chi connectivity index (χ0) is 11.4. The molecule has 2 aromatic rings. The summed E-state index contributed by atoms with van der Waals surface area (Å²) in [6.45, 7) is 2.17. The summed E-state index contributed by atoms with van der Waals surface area (Å²) in [5.41, 5.74) is 2.80. The third kappa shape index (κ3) is 2.28. The summed E-state index contributed by atoms with van der Waals surface area (Å²) in [5.74, 6) is -0.327. The number of fused-ring (bicyclic) bond motifs is 1. The molecule has 0 bridgehead atoms. The summed E-state index contributed by atoms with van der Waals surface area (Å²) >= 11 is 0. The van der Waals surface area contributed by atoms with Crippen molar-refractivity contribution in [3.63, 3.8) is 0 Å². The summed E-state index contributed by atoms with van der Waals surface area (Å²) in [7, 11) is 0. The quantitative estimate of drug-likeness (QED) is 0.631. The van der Waals surface area contributed by atoms with Gasteiger partial charge in [-0.05, 0) is 30.7 Å². The fraction of sp³-hybridized carbons (Fsp3) is 0.167. The number of aromatic nitrogens is 2. The molecule has 1 aromatic carbocycles. The van der Waals surface area contributed by atoms with Crippen LogP contribution in [-0.4, -0.2) is 22.5 Å². The van der Waals surface area contributed by atoms with Gasteiger partial charge in [0.05, 0.1) is 24.0 Å². The van der Waals surface area contributed by atoms with Crippen LogP contribution in [0.1, 0.15) is 12.5 Å². The minimum atomic E-state index is -0.327. The monoisotopic (exact) mass is 216 g/mol. The molecule has 4 heteroatoms. The van der Waals surface area contributed by atoms with Crippen molar-refractivity contribution in [3.8, 4) is 0 Å². The van der Waals surface area contributed by atoms with Crippen LogP contribution >= 0.6 is 0 Å². The topological polar surface area (TPSA) is 55.0 Å². The first-order chi connectivity index (χ1) is 7.79. The van der Waals surface area contributed by atoms with Crippen LogP contribution in [-0.2, 0) is 9.53 Å². The highest BCUT2D eigenvalue weighted by Crippen LogP contribution is 2.12. The van der Waals surface area contributed by atoms with Gasteiger partial charge >= 0.3 is 5.97 Å². The normalized spacial score (nSPS) is 11.1. The number of imidazole rings is 1. The maximum absolute atomic E-state index is 11.1. The average molecular weight is 216 g/mol. The van der Waals surface area contributed by atoms with Crippen LogP contribution in [0.3, 0.4) is 0 Å². The molecule has 0 radical (unpaired) electrons. The van der Waals surface area contributed by atoms with Gasteiger partial charge in [-0.3, -0.25) is 0 Å². The van der Waals surface area contributed by atoms with E-state index in [9.17, 15) is 4.79 Å². The van der Waals surface area contributed by atoms with E-state index in [0.29, 0.717) is 6.61 Å². The summed E-state index contributed by atoms with van der Waals surface area (Å²) in [5, 5.41) is 0. The largest absolute Gasteiger partial charge is 0.463 e. The molecular formula is C12H12N2O2. The highest BCUT2D eigenvalue weighted by atomic mass is 16.5. The predicted octanol–water partition coefficient (Wildman–Crippen LogP) is 2.14. The predicted molar refractivity (Wildman–Crippen MR) is 61.8 cm³/mol. The highest BCUT2D eigenvalue weighted by molar-refractivity contribution is 5.88. The molecule has 0 spiro atoms. The molecule has 4 nitrogen and oxygen atoms in total. The van der Waals surface area contributed by atoms with Crippen molar-refractivity contribution in [1.29, 1.82) is 0 Å². The summed E-state index contributed by atoms with van der Waals surface area (Å²) in [6.07, 6.45) is 4.78. The number of benzene rings is 1. The maximum Gasteiger partial charge on any atom is 0.330 e. The van der Waals surface area contributed by atoms with Gasteiger partial charge in [0.25, 0.3) is 0 Å². The molecule has 0 saturated carbocycles. The van der Waals surface area contributed by atoms with Gasteiger partial charge in [0.2, 0.25) is 0 Å². The van der Waals surface area contributed by atoms with Crippen LogP contribution in [0, 0.1) is 0 Å². The third-order valence-electron chi connectivity index (χ3n) is 2.14. The van der Waals surface area contributed by atoms with Crippen LogP contribution in [0.15, 0.2) is 30.6 Å². The SMILES string of the molecule is CCOC(=O)C=Cc1ccc2nc[nH]c2c1. The molecule has 82 valence electrons. The van der Waals surface area contributed by atoms with Gasteiger partial charge in [-0.25, -0.2) is 9.78 Å². The standard InChI is InChI=1S/C12H12N2O2/c1-2-16-12(15)6-4-9-3-5-10-11(7-9)14-8-13-10/h3-8H,2H2,1H3,(H,13,14). The lowest BCUT2D eigenvalue weighted by atomic mass is 10.2. The second-order valence-corrected chi connectivity index (χ2v) is 3.26. The summed E-state index contributed by atoms with van der Waals surface area (Å²) in [4.78, 5) is 18.2. The highest BCUT2D eigenvalue weighted by Gasteiger charge is 1.97. The van der Waals surface area contributed by atoms with Gasteiger partial charge < -0.3 is 9.72 Å². The van der Waals surface area contributed by atoms with Crippen molar-refractivity contribution >= 4 is 23.1 Å². The molecule has 0 unspecified atom stereocenters. The number of esters is 1. The van der Waals surface area contributed by atoms with Gasteiger partial charge in [0, 0.05) is 6.08 Å². The van der Waals surface area contributed by atoms with Crippen molar-refractivity contribution in [3.05, 3.63) is 36.2 Å². The van der Waals surface area contributed by atoms with Crippen LogP contribution in [0.2, 0.25) is 0 Å². The average Bonchev–Trinajstić information content (AvgIpc) is 2.74. The summed E-state index contributed by atoms with van der Waals surface area (Å²) in [6, 6.07) is 5.73. The number of carbonyl (C=O) groups excluding carboxylic acids is 1. The smallest absolute Gasteiger partial charge is 0.330 e. The molecule has 1 heterocycles. The van der Waals surface area contributed by atoms with E-state index < -0.39 is 0 Å². The Morgan fingerprint density at radius 1 is 1.56 bits per heavy atom. The van der Waals surface area contributed by atoms with Crippen LogP contribution in [0.5, 0.6) is 0 Å². The number of rotatable bonds is 3. The third-order valence-corrected chi connectivity index (χ3v) is 2.14. The zero-order valence-corrected chi connectivity index (χ0v) is 8.93. The van der Waals surface area contributed by atoms with Crippen LogP contribution in [0.4, 0.5) is 0 Å². The molecule has 0 fully saturated rings. The van der Waals surface area contributed by atoms with E-state index >= 15 is 0 Å². The molecule has 0 atom stereocenters. The van der Waals surface area contributed by atoms with Gasteiger partial charge in [-0.2, -0.15) is 0 Å². The van der Waals surface area contributed by atoms with Gasteiger partial charge in [0.15, 0.2) is 0 Å². The lowest BCUT2D eigenvalue weighted by Gasteiger charge is -1.95. The molecule has 0 saturated heterocycles. The molecule has 2 rings (SSSR count). The van der Waals surface area contributed by atoms with E-state index in [1.165, 1.54) is 6.08 Å². The van der Waals surface area contributed by atoms with Gasteiger partial charge in [-0.15, -0.1) is 0 Å². The number of nitrogens with one attached hydrogen (secondary N) is 1. The lowest BCUT2D eigenvalue weighted by Crippen LogP contribution is -1.98. The fourth-order valence-corrected chi connectivity index (χ4v) is 1.41. The maximum atomic E-state index is 11.1. The first kappa shape index (κ1) is 10.4. The fourth-order valence-electron chi connectivity index (χ4n) is 1.41. The number of carbonyl (C=O) groups is 1. The zero-order valence-electron chi connectivity index (χ0n) is 8.93. The number of hydrogen-bond donors (Lipinski definition) is 1. The Kier molecular flexibility index (Phi) is 3.00. The Morgan fingerprint density at radius 3 is 3.25 bits per heavy atom. The summed E-state index contributed by atoms with van der Waals surface area (Å²) < 4.78 is 4.79. The number of hydrogen-bond acceptors (Lipinski definition) is 3. The molecule has 1 aromatic heterocycles. The second kappa shape index (κ2) is 4.61. The van der Waals surface area contributed by atoms with Crippen molar-refractivity contribution in [2.75, 3.05) is 6.61 Å². The minimum absolute atomic E-state index is 0.327. The molecular weight excluding hydrogens is 204 g/mol. The van der Waals surface area contributed by atoms with Crippen molar-refractivity contribution < 1.29 is 9.53 Å². The Hall–Kier alpha value is -2.10. The van der Waals surface area contributed by atoms with E-state index in [0.717, 1.165) is 16.6 Å². The Labute approximate surface area is 93.0 Å². The Bertz CT molecular complexity index is 529. The molecule has 1 N–H and O–H groups in total. The Balaban J connectivity index is 2.17. The van der Waals surface area contributed by atoms with Crippen LogP contribution in [0.25, 0.3) is 17.1 Å². The van der Waals surface area contributed by atoms with Crippen LogP contribution < -0.4 is 0 Å². The van der Waals surface area contributed by atoms with Gasteiger partial charge in [0.1, 0.15) is 0 Å². The number of aromatic amines is 1. The minimum Gasteiger partial charge on any atom is -0.463 e. The van der Waals surface area contributed by atoms with E-state index in [1.807, 2.05) is 18.2 Å². The number of nitrogens with zero attached hydrogens (tertiary/aromatic N) is 1.